The zero-order valence-electron chi connectivity index (χ0n) is 23.4. The summed E-state index contributed by atoms with van der Waals surface area (Å²) in [4.78, 5) is 32.3. The second-order valence-corrected chi connectivity index (χ2v) is 13.6. The number of nitrogens with two attached hydrogens (primary N) is 1. The maximum atomic E-state index is 12.6. The molecule has 2 fully saturated rings. The summed E-state index contributed by atoms with van der Waals surface area (Å²) in [6.45, 7) is 2.88. The summed E-state index contributed by atoms with van der Waals surface area (Å²) in [5.41, 5.74) is 6.43. The molecule has 0 aromatic carbocycles. The van der Waals surface area contributed by atoms with Crippen molar-refractivity contribution in [1.82, 2.24) is 19.5 Å². The SMILES string of the molecule is CC(C(O)C(O)C(O)C(O)OP(=O)(O)OP(=O)(O)OCC1OC(n2cnc3c(N)ncnc32)C2OC(C)(C)OC12)[C@H](O)CO. The summed E-state index contributed by atoms with van der Waals surface area (Å²) in [6.07, 6.45) is -12.1. The van der Waals surface area contributed by atoms with E-state index in [2.05, 4.69) is 23.8 Å². The molecule has 2 aliphatic heterocycles. The van der Waals surface area contributed by atoms with Crippen LogP contribution in [0.3, 0.4) is 0 Å². The topological polar surface area (TPSA) is 321 Å². The number of hydrogen-bond acceptors (Lipinski definition) is 18. The lowest BCUT2D eigenvalue weighted by Crippen LogP contribution is -2.49. The number of fused-ring (bicyclic) bond motifs is 2. The molecule has 0 spiro atoms. The van der Waals surface area contributed by atoms with Gasteiger partial charge in [-0.2, -0.15) is 4.31 Å². The number of phosphoric acid groups is 2. The maximum Gasteiger partial charge on any atom is 0.483 e. The molecule has 2 saturated heterocycles. The van der Waals surface area contributed by atoms with Crippen LogP contribution >= 0.6 is 15.6 Å². The van der Waals surface area contributed by atoms with Crippen molar-refractivity contribution in [2.45, 2.75) is 81.8 Å². The number of rotatable bonds is 14. The van der Waals surface area contributed by atoms with E-state index in [1.54, 1.807) is 13.8 Å². The largest absolute Gasteiger partial charge is 0.483 e. The minimum Gasteiger partial charge on any atom is -0.394 e. The van der Waals surface area contributed by atoms with Crippen molar-refractivity contribution in [2.24, 2.45) is 5.92 Å². The highest BCUT2D eigenvalue weighted by atomic mass is 31.3. The molecule has 0 aliphatic carbocycles. The van der Waals surface area contributed by atoms with Crippen LogP contribution in [-0.4, -0.2) is 128 Å². The van der Waals surface area contributed by atoms with Gasteiger partial charge >= 0.3 is 15.6 Å². The molecule has 0 radical (unpaired) electrons. The molecule has 11 unspecified atom stereocenters. The molecule has 4 heterocycles. The van der Waals surface area contributed by atoms with Gasteiger partial charge in [0, 0.05) is 5.92 Å². The highest BCUT2D eigenvalue weighted by Crippen LogP contribution is 2.61. The number of nitrogen functional groups attached to an aromatic ring is 1. The quantitative estimate of drug-likeness (QED) is 0.0736. The minimum absolute atomic E-state index is 0.111. The molecule has 44 heavy (non-hydrogen) atoms. The van der Waals surface area contributed by atoms with E-state index in [1.165, 1.54) is 24.1 Å². The second-order valence-electron chi connectivity index (χ2n) is 10.6. The fraction of sp³-hybridized carbons (Fsp3) is 0.762. The predicted octanol–water partition coefficient (Wildman–Crippen LogP) is -2.53. The van der Waals surface area contributed by atoms with E-state index in [9.17, 15) is 44.4 Å². The molecule has 2 aromatic heterocycles. The van der Waals surface area contributed by atoms with Crippen LogP contribution in [0.2, 0.25) is 0 Å². The second kappa shape index (κ2) is 13.2. The molecule has 0 amide bonds. The number of phosphoric ester groups is 2. The lowest BCUT2D eigenvalue weighted by Gasteiger charge is -2.31. The van der Waals surface area contributed by atoms with E-state index < -0.39 is 95.8 Å². The van der Waals surface area contributed by atoms with Gasteiger partial charge in [-0.15, -0.1) is 0 Å². The first-order valence-corrected chi connectivity index (χ1v) is 16.0. The zero-order chi connectivity index (χ0) is 32.8. The molecule has 10 N–H and O–H groups in total. The van der Waals surface area contributed by atoms with Gasteiger partial charge in [0.25, 0.3) is 0 Å². The van der Waals surface area contributed by atoms with Gasteiger partial charge in [-0.3, -0.25) is 13.6 Å². The number of anilines is 1. The van der Waals surface area contributed by atoms with Crippen molar-refractivity contribution in [3.8, 4) is 0 Å². The molecule has 4 rings (SSSR count). The van der Waals surface area contributed by atoms with Crippen LogP contribution in [-0.2, 0) is 36.7 Å². The van der Waals surface area contributed by atoms with Crippen LogP contribution in [0, 0.1) is 5.92 Å². The lowest BCUT2D eigenvalue weighted by atomic mass is 9.92. The normalized spacial score (nSPS) is 30.2. The Morgan fingerprint density at radius 3 is 2.34 bits per heavy atom. The van der Waals surface area contributed by atoms with E-state index in [4.69, 9.17) is 29.6 Å². The van der Waals surface area contributed by atoms with Crippen molar-refractivity contribution in [3.63, 3.8) is 0 Å². The first-order valence-electron chi connectivity index (χ1n) is 13.0. The Morgan fingerprint density at radius 1 is 1.02 bits per heavy atom. The molecule has 2 aliphatic rings. The van der Waals surface area contributed by atoms with Crippen LogP contribution in [0.4, 0.5) is 5.82 Å². The Balaban J connectivity index is 1.39. The molecule has 0 saturated carbocycles. The molecule has 21 nitrogen and oxygen atoms in total. The highest BCUT2D eigenvalue weighted by molar-refractivity contribution is 7.61. The summed E-state index contributed by atoms with van der Waals surface area (Å²) in [6, 6.07) is 0. The van der Waals surface area contributed by atoms with E-state index >= 15 is 0 Å². The molecular formula is C21H35N5O16P2. The molecule has 12 atom stereocenters. The summed E-state index contributed by atoms with van der Waals surface area (Å²) in [7, 11) is -11.2. The number of aliphatic hydroxyl groups is 6. The van der Waals surface area contributed by atoms with Gasteiger partial charge in [-0.05, 0) is 13.8 Å². The number of imidazole rings is 1. The average molecular weight is 675 g/mol. The van der Waals surface area contributed by atoms with E-state index in [1.807, 2.05) is 0 Å². The lowest BCUT2D eigenvalue weighted by molar-refractivity contribution is -0.199. The minimum atomic E-state index is -5.70. The van der Waals surface area contributed by atoms with Crippen molar-refractivity contribution >= 4 is 32.6 Å². The van der Waals surface area contributed by atoms with Crippen molar-refractivity contribution in [3.05, 3.63) is 12.7 Å². The molecule has 250 valence electrons. The van der Waals surface area contributed by atoms with Gasteiger partial charge in [0.2, 0.25) is 0 Å². The first kappa shape index (κ1) is 35.1. The van der Waals surface area contributed by atoms with Crippen LogP contribution in [0.25, 0.3) is 11.2 Å². The molecule has 23 heteroatoms. The number of ether oxygens (including phenoxy) is 3. The third-order valence-electron chi connectivity index (χ3n) is 6.96. The Kier molecular flexibility index (Phi) is 10.5. The summed E-state index contributed by atoms with van der Waals surface area (Å²) in [5.74, 6) is -2.23. The zero-order valence-corrected chi connectivity index (χ0v) is 25.2. The maximum absolute atomic E-state index is 12.6. The van der Waals surface area contributed by atoms with Crippen LogP contribution in [0.1, 0.15) is 27.0 Å². The highest BCUT2D eigenvalue weighted by Gasteiger charge is 2.57. The van der Waals surface area contributed by atoms with Crippen molar-refractivity contribution in [2.75, 3.05) is 18.9 Å². The summed E-state index contributed by atoms with van der Waals surface area (Å²) >= 11 is 0. The number of nitrogens with zero attached hydrogens (tertiary/aromatic N) is 4. The van der Waals surface area contributed by atoms with Crippen LogP contribution in [0.15, 0.2) is 12.7 Å². The molecule has 0 bridgehead atoms. The van der Waals surface area contributed by atoms with Crippen molar-refractivity contribution in [1.29, 1.82) is 0 Å². The van der Waals surface area contributed by atoms with Gasteiger partial charge in [0.15, 0.2) is 29.8 Å². The standard InChI is InChI=1S/C21H35N5O16P2/c1-8(9(28)4-27)12(29)13(30)14(31)20(32)41-44(35,36)42-43(33,34)37-5-10-15-16(40-21(2,3)39-15)19(38-10)26-7-25-11-17(22)23-6-24-18(11)26/h6-10,12-16,19-20,27-32H,4-5H2,1-3H3,(H,33,34)(H,35,36)(H2,22,23,24)/t8?,9-,10?,12?,13?,14?,15?,16?,19?,20?/m1/s1. The van der Waals surface area contributed by atoms with Gasteiger partial charge < -0.3 is 60.4 Å². The summed E-state index contributed by atoms with van der Waals surface area (Å²) in [5, 5.41) is 58.6. The average Bonchev–Trinajstić information content (AvgIpc) is 3.60. The fourth-order valence-corrected chi connectivity index (χ4v) is 6.81. The number of aliphatic hydroxyl groups excluding tert-OH is 6. The fourth-order valence-electron chi connectivity index (χ4n) is 4.69. The number of aromatic nitrogens is 4. The van der Waals surface area contributed by atoms with Gasteiger partial charge in [-0.1, -0.05) is 6.92 Å². The molecular weight excluding hydrogens is 640 g/mol. The van der Waals surface area contributed by atoms with Crippen LogP contribution < -0.4 is 5.73 Å². The van der Waals surface area contributed by atoms with E-state index in [0.29, 0.717) is 5.65 Å². The summed E-state index contributed by atoms with van der Waals surface area (Å²) < 4.78 is 57.5. The Hall–Kier alpha value is -1.75. The molecule has 2 aromatic rings. The Morgan fingerprint density at radius 2 is 1.68 bits per heavy atom. The van der Waals surface area contributed by atoms with E-state index in [0.717, 1.165) is 0 Å². The smallest absolute Gasteiger partial charge is 0.394 e. The van der Waals surface area contributed by atoms with Gasteiger partial charge in [0.1, 0.15) is 42.4 Å². The number of hydrogen-bond donors (Lipinski definition) is 9. The predicted molar refractivity (Wildman–Crippen MR) is 142 cm³/mol. The van der Waals surface area contributed by atoms with E-state index in [-0.39, 0.29) is 11.3 Å². The van der Waals surface area contributed by atoms with Crippen molar-refractivity contribution < 1.29 is 77.1 Å². The Bertz CT molecular complexity index is 1400. The van der Waals surface area contributed by atoms with Gasteiger partial charge in [-0.25, -0.2) is 24.1 Å². The third-order valence-corrected chi connectivity index (χ3v) is 9.57. The van der Waals surface area contributed by atoms with Crippen LogP contribution in [0.5, 0.6) is 0 Å². The monoisotopic (exact) mass is 675 g/mol. The Labute approximate surface area is 248 Å². The third kappa shape index (κ3) is 7.61. The van der Waals surface area contributed by atoms with Gasteiger partial charge in [0.05, 0.1) is 31.7 Å². The first-order chi connectivity index (χ1) is 20.4.